The fourth-order valence-electron chi connectivity index (χ4n) is 6.97. The van der Waals surface area contributed by atoms with Crippen LogP contribution >= 0.6 is 0 Å². The van der Waals surface area contributed by atoms with Crippen LogP contribution in [0.5, 0.6) is 5.75 Å². The Hall–Kier alpha value is -3.17. The molecule has 3 aromatic carbocycles. The van der Waals surface area contributed by atoms with Gasteiger partial charge >= 0.3 is 6.18 Å². The Kier molecular flexibility index (Phi) is 7.91. The highest BCUT2D eigenvalue weighted by Crippen LogP contribution is 2.45. The molecule has 2 atom stereocenters. The first-order valence-electron chi connectivity index (χ1n) is 14.7. The van der Waals surface area contributed by atoms with Gasteiger partial charge in [-0.2, -0.15) is 13.2 Å². The first-order chi connectivity index (χ1) is 20.1. The molecule has 2 fully saturated rings. The lowest BCUT2D eigenvalue weighted by Gasteiger charge is -2.51. The number of ether oxygens (including phenoxy) is 1. The van der Waals surface area contributed by atoms with E-state index < -0.39 is 36.4 Å². The third-order valence-electron chi connectivity index (χ3n) is 9.08. The summed E-state index contributed by atoms with van der Waals surface area (Å²) in [6, 6.07) is 15.5. The second kappa shape index (κ2) is 11.5. The molecule has 1 N–H and O–H groups in total. The van der Waals surface area contributed by atoms with Crippen LogP contribution in [0.1, 0.15) is 54.5 Å². The average Bonchev–Trinajstić information content (AvgIpc) is 3.19. The van der Waals surface area contributed by atoms with E-state index in [0.29, 0.717) is 30.0 Å². The molecule has 0 amide bonds. The summed E-state index contributed by atoms with van der Waals surface area (Å²) in [5.74, 6) is -1.09. The molecule has 6 rings (SSSR count). The number of fused-ring (bicyclic) bond motifs is 1. The van der Waals surface area contributed by atoms with Crippen LogP contribution in [0.15, 0.2) is 60.7 Å². The summed E-state index contributed by atoms with van der Waals surface area (Å²) in [7, 11) is 0. The number of hydrogen-bond donors (Lipinski definition) is 1. The van der Waals surface area contributed by atoms with Gasteiger partial charge in [0.05, 0.1) is 12.6 Å². The number of nitrogens with zero attached hydrogens (tertiary/aromatic N) is 2. The monoisotopic (exact) mass is 585 g/mol. The molecule has 0 bridgehead atoms. The molecule has 3 aliphatic heterocycles. The van der Waals surface area contributed by atoms with Crippen molar-refractivity contribution in [1.82, 2.24) is 10.2 Å². The molecule has 42 heavy (non-hydrogen) atoms. The molecular formula is C33H36F5N3O. The van der Waals surface area contributed by atoms with Gasteiger partial charge in [-0.05, 0) is 86.7 Å². The van der Waals surface area contributed by atoms with Gasteiger partial charge < -0.3 is 15.0 Å². The van der Waals surface area contributed by atoms with Crippen LogP contribution in [0.3, 0.4) is 0 Å². The lowest BCUT2D eigenvalue weighted by Crippen LogP contribution is -2.56. The molecule has 1 unspecified atom stereocenters. The number of halogens is 5. The minimum atomic E-state index is -4.53. The number of anilines is 1. The lowest BCUT2D eigenvalue weighted by atomic mass is 9.73. The van der Waals surface area contributed by atoms with E-state index in [4.69, 9.17) is 4.74 Å². The number of alkyl halides is 3. The van der Waals surface area contributed by atoms with Crippen LogP contribution in [0.4, 0.5) is 27.6 Å². The molecular weight excluding hydrogens is 549 g/mol. The quantitative estimate of drug-likeness (QED) is 0.315. The van der Waals surface area contributed by atoms with Gasteiger partial charge in [0.25, 0.3) is 0 Å². The van der Waals surface area contributed by atoms with Crippen LogP contribution in [-0.2, 0) is 13.0 Å². The van der Waals surface area contributed by atoms with Gasteiger partial charge in [-0.3, -0.25) is 4.90 Å². The third-order valence-corrected chi connectivity index (χ3v) is 9.08. The van der Waals surface area contributed by atoms with E-state index >= 15 is 8.78 Å². The Labute approximate surface area is 243 Å². The Morgan fingerprint density at radius 3 is 2.40 bits per heavy atom. The molecule has 3 aliphatic rings. The molecule has 0 aliphatic carbocycles. The van der Waals surface area contributed by atoms with Crippen molar-refractivity contribution in [3.8, 4) is 5.75 Å². The fraction of sp³-hybridized carbons (Fsp3) is 0.455. The van der Waals surface area contributed by atoms with Crippen LogP contribution in [0.2, 0.25) is 0 Å². The van der Waals surface area contributed by atoms with Crippen molar-refractivity contribution >= 4 is 5.69 Å². The molecule has 2 saturated heterocycles. The summed E-state index contributed by atoms with van der Waals surface area (Å²) in [6.45, 7) is 4.10. The first kappa shape index (κ1) is 28.9. The Balaban J connectivity index is 1.31. The van der Waals surface area contributed by atoms with Gasteiger partial charge in [-0.1, -0.05) is 36.4 Å². The number of hydrogen-bond acceptors (Lipinski definition) is 4. The maximum absolute atomic E-state index is 15.9. The number of benzene rings is 3. The van der Waals surface area contributed by atoms with Crippen molar-refractivity contribution < 1.29 is 26.7 Å². The molecule has 224 valence electrons. The highest BCUT2D eigenvalue weighted by atomic mass is 19.4. The zero-order valence-corrected chi connectivity index (χ0v) is 23.7. The van der Waals surface area contributed by atoms with E-state index in [1.165, 1.54) is 17.0 Å². The normalized spacial score (nSPS) is 22.4. The van der Waals surface area contributed by atoms with E-state index in [0.717, 1.165) is 56.6 Å². The van der Waals surface area contributed by atoms with Crippen molar-refractivity contribution in [2.45, 2.75) is 57.5 Å². The van der Waals surface area contributed by atoms with E-state index in [9.17, 15) is 13.2 Å². The minimum Gasteiger partial charge on any atom is -0.489 e. The SMILES string of the molecule is C[C@@H]1Cc2cc(OCc3ccccc3)ccc2C(c2c(F)cc(N3CC4(CCCNCC4)C3)cc2F)N1CC(F)(F)F. The molecule has 0 radical (unpaired) electrons. The first-order valence-corrected chi connectivity index (χ1v) is 14.7. The summed E-state index contributed by atoms with van der Waals surface area (Å²) < 4.78 is 79.1. The van der Waals surface area contributed by atoms with E-state index in [1.54, 1.807) is 25.1 Å². The van der Waals surface area contributed by atoms with Gasteiger partial charge in [0.2, 0.25) is 0 Å². The van der Waals surface area contributed by atoms with Crippen molar-refractivity contribution in [2.75, 3.05) is 37.6 Å². The van der Waals surface area contributed by atoms with E-state index in [1.807, 2.05) is 35.2 Å². The van der Waals surface area contributed by atoms with Crippen molar-refractivity contribution in [3.05, 3.63) is 94.6 Å². The highest BCUT2D eigenvalue weighted by Gasteiger charge is 2.45. The second-order valence-corrected chi connectivity index (χ2v) is 12.2. The minimum absolute atomic E-state index is 0.149. The highest BCUT2D eigenvalue weighted by molar-refractivity contribution is 5.54. The Morgan fingerprint density at radius 2 is 1.69 bits per heavy atom. The van der Waals surface area contributed by atoms with Gasteiger partial charge in [0.1, 0.15) is 24.0 Å². The molecule has 0 saturated carbocycles. The Morgan fingerprint density at radius 1 is 0.952 bits per heavy atom. The smallest absolute Gasteiger partial charge is 0.401 e. The average molecular weight is 586 g/mol. The second-order valence-electron chi connectivity index (χ2n) is 12.2. The predicted molar refractivity (Wildman–Crippen MR) is 153 cm³/mol. The van der Waals surface area contributed by atoms with Gasteiger partial charge in [0.15, 0.2) is 0 Å². The topological polar surface area (TPSA) is 27.7 Å². The maximum atomic E-state index is 15.9. The zero-order chi connectivity index (χ0) is 29.5. The summed E-state index contributed by atoms with van der Waals surface area (Å²) in [6.07, 6.45) is -1.07. The summed E-state index contributed by atoms with van der Waals surface area (Å²) in [5.41, 5.74) is 2.41. The van der Waals surface area contributed by atoms with Gasteiger partial charge in [-0.15, -0.1) is 0 Å². The van der Waals surface area contributed by atoms with Crippen LogP contribution in [0.25, 0.3) is 0 Å². The van der Waals surface area contributed by atoms with Crippen LogP contribution in [-0.4, -0.2) is 49.8 Å². The van der Waals surface area contributed by atoms with Crippen molar-refractivity contribution in [2.24, 2.45) is 5.41 Å². The van der Waals surface area contributed by atoms with Crippen molar-refractivity contribution in [1.29, 1.82) is 0 Å². The Bertz CT molecular complexity index is 1370. The van der Waals surface area contributed by atoms with Gasteiger partial charge in [0, 0.05) is 35.8 Å². The largest absolute Gasteiger partial charge is 0.489 e. The number of rotatable bonds is 6. The fourth-order valence-corrected chi connectivity index (χ4v) is 6.97. The third kappa shape index (κ3) is 5.99. The summed E-state index contributed by atoms with van der Waals surface area (Å²) in [5, 5.41) is 3.41. The van der Waals surface area contributed by atoms with Crippen LogP contribution in [0, 0.1) is 17.0 Å². The lowest BCUT2D eigenvalue weighted by molar-refractivity contribution is -0.155. The molecule has 3 aromatic rings. The molecule has 3 heterocycles. The standard InChI is InChI=1S/C33H36F5N3O/c1-22-14-24-15-26(42-18-23-6-3-2-4-7-23)8-9-27(24)31(41(22)21-33(36,37)38)30-28(34)16-25(17-29(30)35)40-19-32(20-40)10-5-12-39-13-11-32/h2-4,6-9,15-17,22,31,39H,5,10-14,18-21H2,1H3/t22-,31?/m1/s1. The molecule has 9 heteroatoms. The van der Waals surface area contributed by atoms with E-state index in [-0.39, 0.29) is 11.0 Å². The molecule has 4 nitrogen and oxygen atoms in total. The molecule has 1 spiro atoms. The van der Waals surface area contributed by atoms with Gasteiger partial charge in [-0.25, -0.2) is 8.78 Å². The van der Waals surface area contributed by atoms with Crippen LogP contribution < -0.4 is 15.0 Å². The maximum Gasteiger partial charge on any atom is 0.401 e. The molecule has 0 aromatic heterocycles. The zero-order valence-electron chi connectivity index (χ0n) is 23.7. The summed E-state index contributed by atoms with van der Waals surface area (Å²) in [4.78, 5) is 3.15. The predicted octanol–water partition coefficient (Wildman–Crippen LogP) is 7.02. The van der Waals surface area contributed by atoms with Crippen molar-refractivity contribution in [3.63, 3.8) is 0 Å². The number of nitrogens with one attached hydrogen (secondary N) is 1. The van der Waals surface area contributed by atoms with E-state index in [2.05, 4.69) is 5.32 Å². The summed E-state index contributed by atoms with van der Waals surface area (Å²) >= 11 is 0.